The van der Waals surface area contributed by atoms with Crippen molar-refractivity contribution in [3.63, 3.8) is 0 Å². The molecule has 1 unspecified atom stereocenters. The Bertz CT molecular complexity index is 410. The summed E-state index contributed by atoms with van der Waals surface area (Å²) in [5, 5.41) is 2.11. The maximum absolute atomic E-state index is 11.5. The summed E-state index contributed by atoms with van der Waals surface area (Å²) in [7, 11) is 1.32. The number of methoxy groups -OCH3 is 1. The quantitative estimate of drug-likeness (QED) is 0.807. The number of carbonyl (C=O) groups is 2. The summed E-state index contributed by atoms with van der Waals surface area (Å²) >= 11 is 1.31. The molecular formula is C13H17NO4S. The molecule has 6 heteroatoms. The molecule has 1 aromatic carbocycles. The molecule has 1 amide bonds. The molecule has 0 spiro atoms. The van der Waals surface area contributed by atoms with Gasteiger partial charge in [0.25, 0.3) is 0 Å². The third-order valence-corrected chi connectivity index (χ3v) is 3.32. The number of hydrogen-bond donors (Lipinski definition) is 1. The average Bonchev–Trinajstić information content (AvgIpc) is 2.46. The smallest absolute Gasteiger partial charge is 0.407 e. The van der Waals surface area contributed by atoms with Gasteiger partial charge in [0, 0.05) is 6.54 Å². The number of thioether (sulfide) groups is 1. The SMILES string of the molecule is COC(=O)C(CNC(=O)OCc1ccccc1)SC. The zero-order valence-corrected chi connectivity index (χ0v) is 11.7. The Morgan fingerprint density at radius 3 is 2.58 bits per heavy atom. The van der Waals surface area contributed by atoms with Crippen molar-refractivity contribution in [3.8, 4) is 0 Å². The topological polar surface area (TPSA) is 64.6 Å². The second kappa shape index (κ2) is 8.42. The van der Waals surface area contributed by atoms with Gasteiger partial charge in [0.1, 0.15) is 11.9 Å². The number of rotatable bonds is 6. The van der Waals surface area contributed by atoms with Crippen LogP contribution in [0.3, 0.4) is 0 Å². The lowest BCUT2D eigenvalue weighted by Crippen LogP contribution is -2.35. The number of nitrogens with one attached hydrogen (secondary N) is 1. The number of esters is 1. The van der Waals surface area contributed by atoms with E-state index in [-0.39, 0.29) is 19.1 Å². The van der Waals surface area contributed by atoms with E-state index in [0.717, 1.165) is 5.56 Å². The molecule has 0 aliphatic rings. The third kappa shape index (κ3) is 5.65. The van der Waals surface area contributed by atoms with Crippen LogP contribution in [0, 0.1) is 0 Å². The normalized spacial score (nSPS) is 11.5. The molecule has 1 N–H and O–H groups in total. The van der Waals surface area contributed by atoms with E-state index >= 15 is 0 Å². The minimum absolute atomic E-state index is 0.182. The molecule has 104 valence electrons. The minimum Gasteiger partial charge on any atom is -0.468 e. The van der Waals surface area contributed by atoms with Crippen LogP contribution in [0.15, 0.2) is 30.3 Å². The lowest BCUT2D eigenvalue weighted by Gasteiger charge is -2.13. The van der Waals surface area contributed by atoms with Gasteiger partial charge in [0.15, 0.2) is 0 Å². The highest BCUT2D eigenvalue weighted by atomic mass is 32.2. The number of amides is 1. The van der Waals surface area contributed by atoms with E-state index < -0.39 is 11.3 Å². The van der Waals surface area contributed by atoms with Crippen LogP contribution in [-0.4, -0.2) is 37.2 Å². The van der Waals surface area contributed by atoms with Crippen LogP contribution >= 0.6 is 11.8 Å². The first kappa shape index (κ1) is 15.4. The molecule has 0 saturated carbocycles. The Morgan fingerprint density at radius 1 is 1.32 bits per heavy atom. The number of alkyl carbamates (subject to hydrolysis) is 1. The Morgan fingerprint density at radius 2 is 2.00 bits per heavy atom. The molecule has 0 aliphatic heterocycles. The molecule has 19 heavy (non-hydrogen) atoms. The van der Waals surface area contributed by atoms with Crippen LogP contribution in [0.25, 0.3) is 0 Å². The van der Waals surface area contributed by atoms with Gasteiger partial charge in [-0.3, -0.25) is 4.79 Å². The molecule has 0 aliphatic carbocycles. The van der Waals surface area contributed by atoms with Crippen molar-refractivity contribution in [1.29, 1.82) is 0 Å². The van der Waals surface area contributed by atoms with Crippen molar-refractivity contribution < 1.29 is 19.1 Å². The Hall–Kier alpha value is -1.69. The standard InChI is InChI=1S/C13H17NO4S/c1-17-12(15)11(19-2)8-14-13(16)18-9-10-6-4-3-5-7-10/h3-7,11H,8-9H2,1-2H3,(H,14,16). The fourth-order valence-electron chi connectivity index (χ4n) is 1.34. The first-order chi connectivity index (χ1) is 9.17. The van der Waals surface area contributed by atoms with Gasteiger partial charge >= 0.3 is 12.1 Å². The predicted molar refractivity (Wildman–Crippen MR) is 73.9 cm³/mol. The summed E-state index contributed by atoms with van der Waals surface area (Å²) in [5.74, 6) is -0.365. The first-order valence-electron chi connectivity index (χ1n) is 5.72. The minimum atomic E-state index is -0.549. The number of hydrogen-bond acceptors (Lipinski definition) is 5. The van der Waals surface area contributed by atoms with Gasteiger partial charge in [-0.2, -0.15) is 0 Å². The summed E-state index contributed by atoms with van der Waals surface area (Å²) in [5.41, 5.74) is 0.909. The van der Waals surface area contributed by atoms with Crippen molar-refractivity contribution in [3.05, 3.63) is 35.9 Å². The van der Waals surface area contributed by atoms with Crippen molar-refractivity contribution >= 4 is 23.8 Å². The summed E-state index contributed by atoms with van der Waals surface area (Å²) in [6, 6.07) is 9.37. The van der Waals surface area contributed by atoms with Gasteiger partial charge in [-0.1, -0.05) is 30.3 Å². The van der Waals surface area contributed by atoms with Crippen molar-refractivity contribution in [2.24, 2.45) is 0 Å². The Kier molecular flexibility index (Phi) is 6.81. The maximum Gasteiger partial charge on any atom is 0.407 e. The highest BCUT2D eigenvalue weighted by Crippen LogP contribution is 2.07. The lowest BCUT2D eigenvalue weighted by atomic mass is 10.2. The van der Waals surface area contributed by atoms with Gasteiger partial charge in [0.05, 0.1) is 7.11 Å². The second-order valence-electron chi connectivity index (χ2n) is 3.69. The third-order valence-electron chi connectivity index (χ3n) is 2.39. The average molecular weight is 283 g/mol. The van der Waals surface area contributed by atoms with E-state index in [4.69, 9.17) is 4.74 Å². The molecule has 1 aromatic rings. The zero-order valence-electron chi connectivity index (χ0n) is 10.9. The highest BCUT2D eigenvalue weighted by Gasteiger charge is 2.18. The van der Waals surface area contributed by atoms with Crippen molar-refractivity contribution in [1.82, 2.24) is 5.32 Å². The number of benzene rings is 1. The van der Waals surface area contributed by atoms with E-state index in [2.05, 4.69) is 10.1 Å². The fraction of sp³-hybridized carbons (Fsp3) is 0.385. The van der Waals surface area contributed by atoms with Crippen LogP contribution in [0.1, 0.15) is 5.56 Å². The zero-order chi connectivity index (χ0) is 14.1. The van der Waals surface area contributed by atoms with E-state index in [1.807, 2.05) is 30.3 Å². The lowest BCUT2D eigenvalue weighted by molar-refractivity contribution is -0.139. The van der Waals surface area contributed by atoms with Crippen LogP contribution in [0.4, 0.5) is 4.79 Å². The summed E-state index contributed by atoms with van der Waals surface area (Å²) < 4.78 is 9.64. The Labute approximate surface area is 116 Å². The Balaban J connectivity index is 2.29. The molecule has 0 radical (unpaired) electrons. The molecule has 5 nitrogen and oxygen atoms in total. The summed E-state index contributed by atoms with van der Waals surface area (Å²) in [6.07, 6.45) is 1.23. The number of carbonyl (C=O) groups excluding carboxylic acids is 2. The van der Waals surface area contributed by atoms with Crippen LogP contribution < -0.4 is 5.32 Å². The van der Waals surface area contributed by atoms with Gasteiger partial charge in [-0.15, -0.1) is 11.8 Å². The van der Waals surface area contributed by atoms with E-state index in [9.17, 15) is 9.59 Å². The molecule has 0 aromatic heterocycles. The van der Waals surface area contributed by atoms with Crippen molar-refractivity contribution in [2.75, 3.05) is 19.9 Å². The van der Waals surface area contributed by atoms with Gasteiger partial charge in [0.2, 0.25) is 0 Å². The van der Waals surface area contributed by atoms with Gasteiger partial charge in [-0.05, 0) is 11.8 Å². The summed E-state index contributed by atoms with van der Waals surface area (Å²) in [4.78, 5) is 22.8. The molecule has 0 bridgehead atoms. The van der Waals surface area contributed by atoms with E-state index in [1.165, 1.54) is 18.9 Å². The second-order valence-corrected chi connectivity index (χ2v) is 4.73. The summed E-state index contributed by atoms with van der Waals surface area (Å²) in [6.45, 7) is 0.385. The van der Waals surface area contributed by atoms with Crippen molar-refractivity contribution in [2.45, 2.75) is 11.9 Å². The van der Waals surface area contributed by atoms with E-state index in [1.54, 1.807) is 6.26 Å². The predicted octanol–water partition coefficient (Wildman–Crippen LogP) is 1.82. The van der Waals surface area contributed by atoms with E-state index in [0.29, 0.717) is 0 Å². The van der Waals surface area contributed by atoms with Gasteiger partial charge < -0.3 is 14.8 Å². The van der Waals surface area contributed by atoms with Crippen LogP contribution in [-0.2, 0) is 20.9 Å². The first-order valence-corrected chi connectivity index (χ1v) is 7.01. The molecule has 0 fully saturated rings. The molecule has 1 rings (SSSR count). The monoisotopic (exact) mass is 283 g/mol. The van der Waals surface area contributed by atoms with Crippen LogP contribution in [0.5, 0.6) is 0 Å². The highest BCUT2D eigenvalue weighted by molar-refractivity contribution is 7.99. The maximum atomic E-state index is 11.5. The largest absolute Gasteiger partial charge is 0.468 e. The fourth-order valence-corrected chi connectivity index (χ4v) is 1.88. The number of ether oxygens (including phenoxy) is 2. The molecule has 1 atom stereocenters. The molecule has 0 heterocycles. The molecular weight excluding hydrogens is 266 g/mol. The van der Waals surface area contributed by atoms with Crippen LogP contribution in [0.2, 0.25) is 0 Å². The van der Waals surface area contributed by atoms with Gasteiger partial charge in [-0.25, -0.2) is 4.79 Å². The molecule has 0 saturated heterocycles.